The fraction of sp³-hybridized carbons (Fsp3) is 0.667. The highest BCUT2D eigenvalue weighted by Gasteiger charge is 1.97. The number of hydrogen-bond acceptors (Lipinski definition) is 4. The maximum absolute atomic E-state index is 10.3. The number of hydrogen-bond donors (Lipinski definition) is 1. The van der Waals surface area contributed by atoms with Gasteiger partial charge in [0.25, 0.3) is 13.6 Å². The van der Waals surface area contributed by atoms with Crippen LogP contribution in [0.3, 0.4) is 0 Å². The minimum absolute atomic E-state index is 0.0660. The minimum Gasteiger partial charge on any atom is -0.467 e. The molecular formula is C3H8BNO4S. The molecule has 0 aromatic heterocycles. The fourth-order valence-electron chi connectivity index (χ4n) is 0.334. The smallest absolute Gasteiger partial charge is 0.293 e. The summed E-state index contributed by atoms with van der Waals surface area (Å²) in [6.07, 6.45) is 0. The first-order chi connectivity index (χ1) is 4.56. The summed E-state index contributed by atoms with van der Waals surface area (Å²) in [5.41, 5.74) is 0. The molecule has 58 valence electrons. The van der Waals surface area contributed by atoms with Crippen LogP contribution in [0.2, 0.25) is 0 Å². The van der Waals surface area contributed by atoms with E-state index in [0.29, 0.717) is 0 Å². The molecule has 0 rings (SSSR count). The number of carbonyl (C=O) groups is 1. The summed E-state index contributed by atoms with van der Waals surface area (Å²) in [4.78, 5) is 9.53. The lowest BCUT2D eigenvalue weighted by atomic mass is 10.7. The average molecular weight is 165 g/mol. The molecule has 5 nitrogen and oxygen atoms in total. The van der Waals surface area contributed by atoms with E-state index in [-0.39, 0.29) is 19.6 Å². The van der Waals surface area contributed by atoms with Gasteiger partial charge in [-0.05, 0) is 0 Å². The molecule has 0 heterocycles. The molecule has 0 aromatic rings. The van der Waals surface area contributed by atoms with Gasteiger partial charge in [0, 0.05) is 6.54 Å². The number of ether oxygens (including phenoxy) is 1. The Balaban J connectivity index is 3.29. The Hall–Kier alpha value is -0.555. The van der Waals surface area contributed by atoms with Gasteiger partial charge in [-0.3, -0.25) is 4.79 Å². The zero-order valence-electron chi connectivity index (χ0n) is 5.53. The van der Waals surface area contributed by atoms with Gasteiger partial charge in [-0.15, -0.1) is 0 Å². The van der Waals surface area contributed by atoms with Gasteiger partial charge in [-0.25, -0.2) is 13.1 Å². The van der Waals surface area contributed by atoms with E-state index in [1.807, 2.05) is 0 Å². The van der Waals surface area contributed by atoms with Crippen LogP contribution in [-0.4, -0.2) is 35.2 Å². The van der Waals surface area contributed by atoms with Crippen LogP contribution >= 0.6 is 0 Å². The Morgan fingerprint density at radius 1 is 1.60 bits per heavy atom. The van der Waals surface area contributed by atoms with E-state index in [0.717, 1.165) is 7.12 Å². The van der Waals surface area contributed by atoms with E-state index < -0.39 is 9.87 Å². The second-order valence-corrected chi connectivity index (χ2v) is 3.47. The number of carbonyl (C=O) groups excluding carboxylic acids is 1. The van der Waals surface area contributed by atoms with Crippen molar-refractivity contribution in [3.05, 3.63) is 0 Å². The summed E-state index contributed by atoms with van der Waals surface area (Å²) in [7, 11) is -2.11. The quantitative estimate of drug-likeness (QED) is 0.280. The van der Waals surface area contributed by atoms with Crippen molar-refractivity contribution in [1.29, 1.82) is 0 Å². The van der Waals surface area contributed by atoms with E-state index in [1.165, 1.54) is 0 Å². The molecule has 1 N–H and O–H groups in total. The van der Waals surface area contributed by atoms with Crippen molar-refractivity contribution >= 4 is 23.5 Å². The number of nitrogens with one attached hydrogen (secondary N) is 1. The molecule has 0 aliphatic carbocycles. The Morgan fingerprint density at radius 3 is 2.60 bits per heavy atom. The molecule has 7 heteroatoms. The van der Waals surface area contributed by atoms with E-state index in [2.05, 4.69) is 9.46 Å². The molecule has 0 unspecified atom stereocenters. The minimum atomic E-state index is -3.15. The van der Waals surface area contributed by atoms with Crippen LogP contribution in [0.15, 0.2) is 0 Å². The summed E-state index contributed by atoms with van der Waals surface area (Å²) < 4.78 is 27.0. The maximum Gasteiger partial charge on any atom is 0.293 e. The van der Waals surface area contributed by atoms with Crippen LogP contribution in [0.4, 0.5) is 0 Å². The van der Waals surface area contributed by atoms with Gasteiger partial charge in [0.15, 0.2) is 9.87 Å². The lowest BCUT2D eigenvalue weighted by molar-refractivity contribution is -0.128. The van der Waals surface area contributed by atoms with E-state index in [1.54, 1.807) is 0 Å². The maximum atomic E-state index is 10.3. The third-order valence-electron chi connectivity index (χ3n) is 0.652. The fourth-order valence-corrected chi connectivity index (χ4v) is 0.788. The largest absolute Gasteiger partial charge is 0.467 e. The van der Waals surface area contributed by atoms with Crippen molar-refractivity contribution < 1.29 is 17.9 Å². The topological polar surface area (TPSA) is 72.5 Å². The van der Waals surface area contributed by atoms with Crippen LogP contribution < -0.4 is 4.72 Å². The first-order valence-electron chi connectivity index (χ1n) is 2.56. The summed E-state index contributed by atoms with van der Waals surface area (Å²) in [5, 5.41) is 0. The van der Waals surface area contributed by atoms with Crippen molar-refractivity contribution in [2.45, 2.75) is 0 Å². The second kappa shape index (κ2) is 4.29. The standard InChI is InChI=1S/C3H8BNO4S/c4-10(7,8)5-1-2-9-3-6/h3,5H,1-2,4H2. The predicted octanol–water partition coefficient (Wildman–Crippen LogP) is -2.37. The summed E-state index contributed by atoms with van der Waals surface area (Å²) in [5.74, 6) is 0. The SMILES string of the molecule is BS(=O)(=O)NCCOC=O. The van der Waals surface area contributed by atoms with Gasteiger partial charge in [0.05, 0.1) is 0 Å². The highest BCUT2D eigenvalue weighted by Crippen LogP contribution is 1.71. The van der Waals surface area contributed by atoms with Gasteiger partial charge < -0.3 is 4.74 Å². The molecule has 10 heavy (non-hydrogen) atoms. The van der Waals surface area contributed by atoms with Crippen molar-refractivity contribution in [3.63, 3.8) is 0 Å². The van der Waals surface area contributed by atoms with Crippen molar-refractivity contribution in [2.75, 3.05) is 13.2 Å². The van der Waals surface area contributed by atoms with E-state index >= 15 is 0 Å². The van der Waals surface area contributed by atoms with Crippen LogP contribution in [0.25, 0.3) is 0 Å². The highest BCUT2D eigenvalue weighted by atomic mass is 32.2. The molecule has 0 aliphatic rings. The summed E-state index contributed by atoms with van der Waals surface area (Å²) in [6.45, 7) is 0.456. The monoisotopic (exact) mass is 165 g/mol. The zero-order chi connectivity index (χ0) is 8.04. The normalized spacial score (nSPS) is 10.8. The molecule has 0 saturated carbocycles. The summed E-state index contributed by atoms with van der Waals surface area (Å²) >= 11 is 0. The molecule has 0 fully saturated rings. The zero-order valence-corrected chi connectivity index (χ0v) is 6.35. The molecule has 0 aromatic carbocycles. The van der Waals surface area contributed by atoms with Gasteiger partial charge in [-0.2, -0.15) is 0 Å². The van der Waals surface area contributed by atoms with Crippen LogP contribution in [-0.2, 0) is 19.4 Å². The Labute approximate surface area is 60.1 Å². The Morgan fingerprint density at radius 2 is 2.20 bits per heavy atom. The van der Waals surface area contributed by atoms with Gasteiger partial charge in [-0.1, -0.05) is 0 Å². The van der Waals surface area contributed by atoms with Crippen molar-refractivity contribution in [3.8, 4) is 0 Å². The van der Waals surface area contributed by atoms with Crippen molar-refractivity contribution in [2.24, 2.45) is 0 Å². The molecule has 0 atom stereocenters. The molecule has 0 spiro atoms. The average Bonchev–Trinajstić information content (AvgIpc) is 1.78. The highest BCUT2D eigenvalue weighted by molar-refractivity contribution is 8.10. The van der Waals surface area contributed by atoms with Crippen LogP contribution in [0, 0.1) is 0 Å². The Bertz CT molecular complexity index is 189. The van der Waals surface area contributed by atoms with E-state index in [4.69, 9.17) is 0 Å². The molecular weight excluding hydrogens is 157 g/mol. The molecule has 0 radical (unpaired) electrons. The second-order valence-electron chi connectivity index (χ2n) is 1.63. The molecule has 0 saturated heterocycles. The van der Waals surface area contributed by atoms with Crippen LogP contribution in [0.1, 0.15) is 0 Å². The lowest BCUT2D eigenvalue weighted by Gasteiger charge is -1.99. The van der Waals surface area contributed by atoms with E-state index in [9.17, 15) is 13.2 Å². The van der Waals surface area contributed by atoms with Gasteiger partial charge >= 0.3 is 0 Å². The number of rotatable bonds is 5. The summed E-state index contributed by atoms with van der Waals surface area (Å²) in [6, 6.07) is 0. The first-order valence-corrected chi connectivity index (χ1v) is 4.45. The molecule has 0 aliphatic heterocycles. The van der Waals surface area contributed by atoms with Gasteiger partial charge in [0.1, 0.15) is 6.61 Å². The molecule has 0 bridgehead atoms. The van der Waals surface area contributed by atoms with Crippen LogP contribution in [0.5, 0.6) is 0 Å². The van der Waals surface area contributed by atoms with Crippen molar-refractivity contribution in [1.82, 2.24) is 4.72 Å². The third kappa shape index (κ3) is 7.44. The Kier molecular flexibility index (Phi) is 4.05. The third-order valence-corrected chi connectivity index (χ3v) is 1.38. The molecule has 0 amide bonds. The predicted molar refractivity (Wildman–Crippen MR) is 37.5 cm³/mol. The first kappa shape index (κ1) is 9.44. The lowest BCUT2D eigenvalue weighted by Crippen LogP contribution is -2.26. The van der Waals surface area contributed by atoms with Gasteiger partial charge in [0.2, 0.25) is 0 Å².